The summed E-state index contributed by atoms with van der Waals surface area (Å²) in [5.41, 5.74) is 3.65. The van der Waals surface area contributed by atoms with Crippen molar-refractivity contribution in [2.75, 3.05) is 12.4 Å². The van der Waals surface area contributed by atoms with Crippen molar-refractivity contribution >= 4 is 35.6 Å². The van der Waals surface area contributed by atoms with Crippen molar-refractivity contribution in [3.8, 4) is 11.5 Å². The highest BCUT2D eigenvalue weighted by Gasteiger charge is 2.21. The molecule has 0 atom stereocenters. The van der Waals surface area contributed by atoms with Crippen LogP contribution in [0.3, 0.4) is 0 Å². The van der Waals surface area contributed by atoms with E-state index in [4.69, 9.17) is 9.47 Å². The molecule has 0 bridgehead atoms. The van der Waals surface area contributed by atoms with Gasteiger partial charge in [0.25, 0.3) is 5.91 Å². The summed E-state index contributed by atoms with van der Waals surface area (Å²) in [6.45, 7) is 0. The SMILES string of the molecule is COc1ccc(C(=O)Oc2ccc(/C=N\NC(=O)C(=O)Nc3ccccc3C(=O)NC3CCCCC3)cc2)cc1. The number of benzene rings is 3. The summed E-state index contributed by atoms with van der Waals surface area (Å²) >= 11 is 0. The number of nitrogens with zero attached hydrogens (tertiary/aromatic N) is 1. The van der Waals surface area contributed by atoms with E-state index in [1.807, 2.05) is 0 Å². The maximum absolute atomic E-state index is 12.8. The van der Waals surface area contributed by atoms with Crippen LogP contribution < -0.4 is 25.5 Å². The van der Waals surface area contributed by atoms with Gasteiger partial charge in [0, 0.05) is 6.04 Å². The van der Waals surface area contributed by atoms with Crippen LogP contribution in [0.4, 0.5) is 5.69 Å². The lowest BCUT2D eigenvalue weighted by molar-refractivity contribution is -0.136. The summed E-state index contributed by atoms with van der Waals surface area (Å²) in [6, 6.07) is 19.6. The molecule has 10 heteroatoms. The molecule has 4 rings (SSSR count). The van der Waals surface area contributed by atoms with Gasteiger partial charge in [-0.25, -0.2) is 10.2 Å². The van der Waals surface area contributed by atoms with Gasteiger partial charge in [-0.15, -0.1) is 0 Å². The predicted molar refractivity (Wildman–Crippen MR) is 150 cm³/mol. The van der Waals surface area contributed by atoms with Crippen LogP contribution in [0.2, 0.25) is 0 Å². The smallest absolute Gasteiger partial charge is 0.343 e. The molecule has 0 saturated heterocycles. The number of methoxy groups -OCH3 is 1. The quantitative estimate of drug-likeness (QED) is 0.129. The lowest BCUT2D eigenvalue weighted by Gasteiger charge is -2.23. The molecule has 3 aromatic rings. The zero-order valence-electron chi connectivity index (χ0n) is 22.0. The molecule has 3 amide bonds. The third-order valence-electron chi connectivity index (χ3n) is 6.36. The molecule has 0 unspecified atom stereocenters. The van der Waals surface area contributed by atoms with Gasteiger partial charge in [-0.2, -0.15) is 5.10 Å². The molecule has 1 fully saturated rings. The second-order valence-electron chi connectivity index (χ2n) is 9.19. The minimum Gasteiger partial charge on any atom is -0.497 e. The number of nitrogens with one attached hydrogen (secondary N) is 3. The van der Waals surface area contributed by atoms with Crippen LogP contribution in [0.5, 0.6) is 11.5 Å². The molecular formula is C30H30N4O6. The van der Waals surface area contributed by atoms with Crippen LogP contribution in [-0.4, -0.2) is 43.1 Å². The molecule has 206 valence electrons. The summed E-state index contributed by atoms with van der Waals surface area (Å²) in [4.78, 5) is 49.8. The number of hydrazone groups is 1. The molecule has 10 nitrogen and oxygen atoms in total. The molecule has 0 aromatic heterocycles. The molecule has 0 aliphatic heterocycles. The van der Waals surface area contributed by atoms with Gasteiger partial charge in [0.05, 0.1) is 30.1 Å². The first kappa shape index (κ1) is 28.0. The largest absolute Gasteiger partial charge is 0.497 e. The maximum atomic E-state index is 12.8. The molecular weight excluding hydrogens is 512 g/mol. The highest BCUT2D eigenvalue weighted by atomic mass is 16.5. The Balaban J connectivity index is 1.27. The molecule has 40 heavy (non-hydrogen) atoms. The number of carbonyl (C=O) groups is 4. The summed E-state index contributed by atoms with van der Waals surface area (Å²) in [7, 11) is 1.54. The number of hydrogen-bond donors (Lipinski definition) is 3. The second kappa shape index (κ2) is 13.7. The van der Waals surface area contributed by atoms with E-state index in [9.17, 15) is 19.2 Å². The van der Waals surface area contributed by atoms with Crippen molar-refractivity contribution in [1.82, 2.24) is 10.7 Å². The second-order valence-corrected chi connectivity index (χ2v) is 9.19. The summed E-state index contributed by atoms with van der Waals surface area (Å²) in [5, 5.41) is 9.30. The number of para-hydroxylation sites is 1. The highest BCUT2D eigenvalue weighted by molar-refractivity contribution is 6.40. The molecule has 0 radical (unpaired) electrons. The third-order valence-corrected chi connectivity index (χ3v) is 6.36. The van der Waals surface area contributed by atoms with E-state index in [0.717, 1.165) is 25.7 Å². The molecule has 1 aliphatic carbocycles. The summed E-state index contributed by atoms with van der Waals surface area (Å²) in [5.74, 6) is -1.81. The minimum atomic E-state index is -0.996. The molecule has 1 saturated carbocycles. The standard InChI is InChI=1S/C30H30N4O6/c1-39-23-17-13-21(14-18-23)30(38)40-24-15-11-20(12-16-24)19-31-34-29(37)28(36)33-26-10-6-5-9-25(26)27(35)32-22-7-3-2-4-8-22/h5-6,9-19,22H,2-4,7-8H2,1H3,(H,32,35)(H,33,36)(H,34,37)/b31-19-. The topological polar surface area (TPSA) is 135 Å². The molecule has 3 aromatic carbocycles. The van der Waals surface area contributed by atoms with E-state index in [1.54, 1.807) is 79.9 Å². The first-order valence-corrected chi connectivity index (χ1v) is 12.9. The van der Waals surface area contributed by atoms with Crippen molar-refractivity contribution in [2.24, 2.45) is 5.10 Å². The van der Waals surface area contributed by atoms with Crippen LogP contribution >= 0.6 is 0 Å². The Morgan fingerprint density at radius 3 is 2.20 bits per heavy atom. The van der Waals surface area contributed by atoms with Gasteiger partial charge in [0.15, 0.2) is 0 Å². The van der Waals surface area contributed by atoms with Crippen LogP contribution in [0.15, 0.2) is 77.9 Å². The lowest BCUT2D eigenvalue weighted by Crippen LogP contribution is -2.37. The zero-order chi connectivity index (χ0) is 28.3. The number of rotatable bonds is 8. The van der Waals surface area contributed by atoms with E-state index in [2.05, 4.69) is 21.2 Å². The van der Waals surface area contributed by atoms with Crippen LogP contribution in [0.1, 0.15) is 58.4 Å². The third kappa shape index (κ3) is 7.76. The van der Waals surface area contributed by atoms with Gasteiger partial charge in [-0.05, 0) is 79.1 Å². The number of amides is 3. The number of anilines is 1. The van der Waals surface area contributed by atoms with Gasteiger partial charge >= 0.3 is 17.8 Å². The van der Waals surface area contributed by atoms with Crippen molar-refractivity contribution in [1.29, 1.82) is 0 Å². The summed E-state index contributed by atoms with van der Waals surface area (Å²) < 4.78 is 10.4. The molecule has 1 aliphatic rings. The summed E-state index contributed by atoms with van der Waals surface area (Å²) in [6.07, 6.45) is 6.52. The van der Waals surface area contributed by atoms with Crippen LogP contribution in [0, 0.1) is 0 Å². The molecule has 0 heterocycles. The van der Waals surface area contributed by atoms with Gasteiger partial charge in [-0.1, -0.05) is 31.4 Å². The van der Waals surface area contributed by atoms with Crippen molar-refractivity contribution in [2.45, 2.75) is 38.1 Å². The number of hydrogen-bond acceptors (Lipinski definition) is 7. The Hall–Kier alpha value is -4.99. The van der Waals surface area contributed by atoms with E-state index >= 15 is 0 Å². The zero-order valence-corrected chi connectivity index (χ0v) is 22.0. The fraction of sp³-hybridized carbons (Fsp3) is 0.233. The Bertz CT molecular complexity index is 1380. The Labute approximate surface area is 231 Å². The molecule has 3 N–H and O–H groups in total. The maximum Gasteiger partial charge on any atom is 0.343 e. The van der Waals surface area contributed by atoms with Gasteiger partial charge in [-0.3, -0.25) is 14.4 Å². The van der Waals surface area contributed by atoms with E-state index in [-0.39, 0.29) is 23.2 Å². The predicted octanol–water partition coefficient (Wildman–Crippen LogP) is 4.07. The van der Waals surface area contributed by atoms with Crippen molar-refractivity contribution in [3.63, 3.8) is 0 Å². The van der Waals surface area contributed by atoms with E-state index in [0.29, 0.717) is 22.6 Å². The average Bonchev–Trinajstić information content (AvgIpc) is 2.98. The van der Waals surface area contributed by atoms with Crippen LogP contribution in [-0.2, 0) is 9.59 Å². The van der Waals surface area contributed by atoms with Gasteiger partial charge < -0.3 is 20.1 Å². The number of carbonyl (C=O) groups excluding carboxylic acids is 4. The van der Waals surface area contributed by atoms with Crippen molar-refractivity contribution in [3.05, 3.63) is 89.5 Å². The lowest BCUT2D eigenvalue weighted by atomic mass is 9.95. The van der Waals surface area contributed by atoms with E-state index < -0.39 is 17.8 Å². The fourth-order valence-electron chi connectivity index (χ4n) is 4.21. The van der Waals surface area contributed by atoms with Crippen molar-refractivity contribution < 1.29 is 28.7 Å². The normalized spacial score (nSPS) is 13.3. The Morgan fingerprint density at radius 2 is 1.50 bits per heavy atom. The Morgan fingerprint density at radius 1 is 0.825 bits per heavy atom. The molecule has 0 spiro atoms. The monoisotopic (exact) mass is 542 g/mol. The van der Waals surface area contributed by atoms with Gasteiger partial charge in [0.2, 0.25) is 0 Å². The van der Waals surface area contributed by atoms with E-state index in [1.165, 1.54) is 12.6 Å². The number of ether oxygens (including phenoxy) is 2. The van der Waals surface area contributed by atoms with Gasteiger partial charge in [0.1, 0.15) is 11.5 Å². The first-order chi connectivity index (χ1) is 19.4. The highest BCUT2D eigenvalue weighted by Crippen LogP contribution is 2.20. The Kier molecular flexibility index (Phi) is 9.60. The average molecular weight is 543 g/mol. The first-order valence-electron chi connectivity index (χ1n) is 12.9. The fourth-order valence-corrected chi connectivity index (χ4v) is 4.21. The van der Waals surface area contributed by atoms with Crippen LogP contribution in [0.25, 0.3) is 0 Å². The minimum absolute atomic E-state index is 0.109. The number of esters is 1.